The van der Waals surface area contributed by atoms with Gasteiger partial charge >= 0.3 is 0 Å². The summed E-state index contributed by atoms with van der Waals surface area (Å²) < 4.78 is 0. The van der Waals surface area contributed by atoms with E-state index in [0.29, 0.717) is 0 Å². The van der Waals surface area contributed by atoms with E-state index in [1.165, 1.54) is 22.4 Å². The third-order valence-corrected chi connectivity index (χ3v) is 4.90. The zero-order valence-electron chi connectivity index (χ0n) is 14.9. The van der Waals surface area contributed by atoms with E-state index in [2.05, 4.69) is 54.0 Å². The highest BCUT2D eigenvalue weighted by molar-refractivity contribution is 5.94. The molecular weight excluding hydrogens is 296 g/mol. The van der Waals surface area contributed by atoms with Crippen LogP contribution in [0, 0.1) is 13.8 Å². The molecule has 1 fully saturated rings. The van der Waals surface area contributed by atoms with E-state index in [1.807, 2.05) is 12.1 Å². The maximum absolute atomic E-state index is 11.4. The van der Waals surface area contributed by atoms with Gasteiger partial charge in [-0.05, 0) is 56.2 Å². The Kier molecular flexibility index (Phi) is 5.00. The number of Topliss-reactive ketones (excluding diaryl/α,β-unsaturated/α-hetero) is 1. The lowest BCUT2D eigenvalue weighted by atomic mass is 10.0. The lowest BCUT2D eigenvalue weighted by Gasteiger charge is -2.36. The second-order valence-electron chi connectivity index (χ2n) is 6.80. The number of hydrogen-bond donors (Lipinski definition) is 0. The van der Waals surface area contributed by atoms with Crippen molar-refractivity contribution in [3.8, 4) is 0 Å². The number of nitrogens with zero attached hydrogens (tertiary/aromatic N) is 2. The van der Waals surface area contributed by atoms with Crippen molar-refractivity contribution in [1.82, 2.24) is 4.90 Å². The van der Waals surface area contributed by atoms with Crippen molar-refractivity contribution in [2.24, 2.45) is 0 Å². The molecule has 1 heterocycles. The molecule has 0 N–H and O–H groups in total. The normalized spacial score (nSPS) is 15.5. The van der Waals surface area contributed by atoms with E-state index in [-0.39, 0.29) is 5.78 Å². The average molecular weight is 322 g/mol. The average Bonchev–Trinajstić information content (AvgIpc) is 2.58. The zero-order valence-corrected chi connectivity index (χ0v) is 14.9. The van der Waals surface area contributed by atoms with E-state index < -0.39 is 0 Å². The quantitative estimate of drug-likeness (QED) is 0.799. The highest BCUT2D eigenvalue weighted by atomic mass is 16.1. The summed E-state index contributed by atoms with van der Waals surface area (Å²) in [6, 6.07) is 14.7. The minimum Gasteiger partial charge on any atom is -0.369 e. The van der Waals surface area contributed by atoms with Gasteiger partial charge in [-0.15, -0.1) is 0 Å². The Morgan fingerprint density at radius 2 is 1.62 bits per heavy atom. The van der Waals surface area contributed by atoms with Crippen molar-refractivity contribution in [3.63, 3.8) is 0 Å². The predicted octanol–water partition coefficient (Wildman–Crippen LogP) is 3.83. The summed E-state index contributed by atoms with van der Waals surface area (Å²) in [5.41, 5.74) is 6.14. The standard InChI is InChI=1S/C21H26N2O/c1-16-4-5-20(17(2)14-16)15-22-10-12-23(13-11-22)21-8-6-19(7-9-21)18(3)24/h4-9,14H,10-13,15H2,1-3H3. The smallest absolute Gasteiger partial charge is 0.159 e. The molecule has 0 aromatic heterocycles. The first-order valence-corrected chi connectivity index (χ1v) is 8.67. The van der Waals surface area contributed by atoms with Crippen LogP contribution in [0.4, 0.5) is 5.69 Å². The summed E-state index contributed by atoms with van der Waals surface area (Å²) in [4.78, 5) is 16.3. The van der Waals surface area contributed by atoms with Gasteiger partial charge < -0.3 is 4.90 Å². The molecule has 2 aromatic carbocycles. The van der Waals surface area contributed by atoms with Crippen molar-refractivity contribution in [2.45, 2.75) is 27.3 Å². The third kappa shape index (κ3) is 3.85. The summed E-state index contributed by atoms with van der Waals surface area (Å²) in [6.45, 7) is 11.2. The van der Waals surface area contributed by atoms with Gasteiger partial charge in [0.1, 0.15) is 0 Å². The second-order valence-corrected chi connectivity index (χ2v) is 6.80. The van der Waals surface area contributed by atoms with E-state index in [9.17, 15) is 4.79 Å². The SMILES string of the molecule is CC(=O)c1ccc(N2CCN(Cc3ccc(C)cc3C)CC2)cc1. The summed E-state index contributed by atoms with van der Waals surface area (Å²) in [5.74, 6) is 0.125. The molecule has 3 rings (SSSR count). The molecule has 0 amide bonds. The Hall–Kier alpha value is -2.13. The van der Waals surface area contributed by atoms with E-state index in [0.717, 1.165) is 38.3 Å². The maximum Gasteiger partial charge on any atom is 0.159 e. The minimum absolute atomic E-state index is 0.125. The lowest BCUT2D eigenvalue weighted by molar-refractivity contribution is 0.101. The number of ketones is 1. The first kappa shape index (κ1) is 16.7. The van der Waals surface area contributed by atoms with E-state index in [4.69, 9.17) is 0 Å². The maximum atomic E-state index is 11.4. The predicted molar refractivity (Wildman–Crippen MR) is 99.9 cm³/mol. The van der Waals surface area contributed by atoms with Crippen LogP contribution in [0.3, 0.4) is 0 Å². The third-order valence-electron chi connectivity index (χ3n) is 4.90. The van der Waals surface area contributed by atoms with Crippen LogP contribution < -0.4 is 4.90 Å². The molecule has 3 heteroatoms. The molecular formula is C21H26N2O. The number of aryl methyl sites for hydroxylation is 2. The Morgan fingerprint density at radius 3 is 2.21 bits per heavy atom. The molecule has 24 heavy (non-hydrogen) atoms. The summed E-state index contributed by atoms with van der Waals surface area (Å²) in [7, 11) is 0. The van der Waals surface area contributed by atoms with Gasteiger partial charge in [-0.2, -0.15) is 0 Å². The Bertz CT molecular complexity index is 713. The Balaban J connectivity index is 1.58. The number of carbonyl (C=O) groups excluding carboxylic acids is 1. The van der Waals surface area contributed by atoms with Crippen molar-refractivity contribution in [3.05, 3.63) is 64.7 Å². The van der Waals surface area contributed by atoms with Gasteiger partial charge in [0.05, 0.1) is 0 Å². The van der Waals surface area contributed by atoms with E-state index >= 15 is 0 Å². The van der Waals surface area contributed by atoms with Crippen LogP contribution in [0.25, 0.3) is 0 Å². The number of rotatable bonds is 4. The molecule has 0 aliphatic carbocycles. The number of piperazine rings is 1. The van der Waals surface area contributed by atoms with Crippen LogP contribution in [0.15, 0.2) is 42.5 Å². The highest BCUT2D eigenvalue weighted by Crippen LogP contribution is 2.19. The monoisotopic (exact) mass is 322 g/mol. The fraction of sp³-hybridized carbons (Fsp3) is 0.381. The molecule has 0 unspecified atom stereocenters. The molecule has 0 radical (unpaired) electrons. The van der Waals surface area contributed by atoms with Crippen molar-refractivity contribution >= 4 is 11.5 Å². The fourth-order valence-electron chi connectivity index (χ4n) is 3.34. The molecule has 0 spiro atoms. The largest absolute Gasteiger partial charge is 0.369 e. The van der Waals surface area contributed by atoms with Crippen LogP contribution >= 0.6 is 0 Å². The van der Waals surface area contributed by atoms with Crippen molar-refractivity contribution in [2.75, 3.05) is 31.1 Å². The lowest BCUT2D eigenvalue weighted by Crippen LogP contribution is -2.46. The molecule has 126 valence electrons. The van der Waals surface area contributed by atoms with Gasteiger partial charge in [0.2, 0.25) is 0 Å². The van der Waals surface area contributed by atoms with Gasteiger partial charge in [-0.25, -0.2) is 0 Å². The van der Waals surface area contributed by atoms with Crippen LogP contribution in [0.1, 0.15) is 34.0 Å². The first-order valence-electron chi connectivity index (χ1n) is 8.67. The van der Waals surface area contributed by atoms with Crippen LogP contribution in [0.2, 0.25) is 0 Å². The van der Waals surface area contributed by atoms with Crippen LogP contribution in [0.5, 0.6) is 0 Å². The molecule has 1 saturated heterocycles. The fourth-order valence-corrected chi connectivity index (χ4v) is 3.34. The number of benzene rings is 2. The Labute approximate surface area is 144 Å². The van der Waals surface area contributed by atoms with Gasteiger partial charge in [0.25, 0.3) is 0 Å². The molecule has 0 saturated carbocycles. The van der Waals surface area contributed by atoms with Gasteiger partial charge in [0, 0.05) is 44.0 Å². The second kappa shape index (κ2) is 7.18. The van der Waals surface area contributed by atoms with Gasteiger partial charge in [-0.1, -0.05) is 23.8 Å². The number of carbonyl (C=O) groups is 1. The molecule has 1 aliphatic heterocycles. The highest BCUT2D eigenvalue weighted by Gasteiger charge is 2.18. The molecule has 0 bridgehead atoms. The molecule has 0 atom stereocenters. The summed E-state index contributed by atoms with van der Waals surface area (Å²) in [5, 5.41) is 0. The molecule has 3 nitrogen and oxygen atoms in total. The van der Waals surface area contributed by atoms with Crippen molar-refractivity contribution < 1.29 is 4.79 Å². The first-order chi connectivity index (χ1) is 11.5. The molecule has 1 aliphatic rings. The van der Waals surface area contributed by atoms with Gasteiger partial charge in [0.15, 0.2) is 5.78 Å². The topological polar surface area (TPSA) is 23.6 Å². The number of hydrogen-bond acceptors (Lipinski definition) is 3. The number of anilines is 1. The van der Waals surface area contributed by atoms with E-state index in [1.54, 1.807) is 6.92 Å². The van der Waals surface area contributed by atoms with Gasteiger partial charge in [-0.3, -0.25) is 9.69 Å². The summed E-state index contributed by atoms with van der Waals surface area (Å²) in [6.07, 6.45) is 0. The minimum atomic E-state index is 0.125. The van der Waals surface area contributed by atoms with Crippen LogP contribution in [-0.4, -0.2) is 36.9 Å². The van der Waals surface area contributed by atoms with Crippen LogP contribution in [-0.2, 0) is 6.54 Å². The Morgan fingerprint density at radius 1 is 0.958 bits per heavy atom. The zero-order chi connectivity index (χ0) is 17.1. The van der Waals surface area contributed by atoms with Crippen molar-refractivity contribution in [1.29, 1.82) is 0 Å². The summed E-state index contributed by atoms with van der Waals surface area (Å²) >= 11 is 0. The molecule has 2 aromatic rings.